The molecule has 90 valence electrons. The van der Waals surface area contributed by atoms with Crippen LogP contribution in [0.4, 0.5) is 5.69 Å². The Morgan fingerprint density at radius 1 is 1.44 bits per heavy atom. The minimum absolute atomic E-state index is 0.198. The predicted molar refractivity (Wildman–Crippen MR) is 70.1 cm³/mol. The molecule has 0 radical (unpaired) electrons. The van der Waals surface area contributed by atoms with Crippen molar-refractivity contribution in [2.24, 2.45) is 5.92 Å². The first-order valence-electron chi connectivity index (χ1n) is 5.55. The summed E-state index contributed by atoms with van der Waals surface area (Å²) in [6.07, 6.45) is 0. The highest BCUT2D eigenvalue weighted by Gasteiger charge is 2.24. The summed E-state index contributed by atoms with van der Waals surface area (Å²) in [6.45, 7) is 8.32. The average molecular weight is 242 g/mol. The van der Waals surface area contributed by atoms with Gasteiger partial charge in [-0.15, -0.1) is 0 Å². The molecule has 0 heterocycles. The molecule has 0 spiro atoms. The van der Waals surface area contributed by atoms with Gasteiger partial charge in [-0.05, 0) is 37.5 Å². The maximum atomic E-state index is 10.1. The molecule has 0 fully saturated rings. The van der Waals surface area contributed by atoms with Crippen LogP contribution in [0.3, 0.4) is 0 Å². The first-order valence-corrected chi connectivity index (χ1v) is 5.93. The third-order valence-corrected chi connectivity index (χ3v) is 3.32. The van der Waals surface area contributed by atoms with Crippen LogP contribution in [0.2, 0.25) is 5.02 Å². The molecule has 1 aromatic carbocycles. The van der Waals surface area contributed by atoms with E-state index in [0.717, 1.165) is 11.3 Å². The minimum atomic E-state index is -0.728. The van der Waals surface area contributed by atoms with Gasteiger partial charge in [-0.25, -0.2) is 0 Å². The van der Waals surface area contributed by atoms with E-state index in [-0.39, 0.29) is 5.92 Å². The van der Waals surface area contributed by atoms with Crippen LogP contribution in [-0.2, 0) is 0 Å². The van der Waals surface area contributed by atoms with Crippen LogP contribution in [0.1, 0.15) is 26.3 Å². The van der Waals surface area contributed by atoms with Crippen LogP contribution in [0, 0.1) is 12.8 Å². The number of hydrogen-bond donors (Lipinski definition) is 2. The van der Waals surface area contributed by atoms with Crippen LogP contribution in [0.25, 0.3) is 0 Å². The van der Waals surface area contributed by atoms with Crippen molar-refractivity contribution in [3.8, 4) is 0 Å². The lowest BCUT2D eigenvalue weighted by Gasteiger charge is -2.28. The van der Waals surface area contributed by atoms with Gasteiger partial charge >= 0.3 is 0 Å². The molecule has 1 atom stereocenters. The second-order valence-corrected chi connectivity index (χ2v) is 5.26. The first kappa shape index (κ1) is 13.3. The molecule has 0 aliphatic carbocycles. The number of rotatable bonds is 4. The third-order valence-electron chi connectivity index (χ3n) is 3.01. The summed E-state index contributed by atoms with van der Waals surface area (Å²) in [7, 11) is 0. The third kappa shape index (κ3) is 3.39. The average Bonchev–Trinajstić information content (AvgIpc) is 2.16. The fraction of sp³-hybridized carbons (Fsp3) is 0.538. The lowest BCUT2D eigenvalue weighted by atomic mass is 9.92. The zero-order valence-electron chi connectivity index (χ0n) is 10.3. The molecule has 1 unspecified atom stereocenters. The number of anilines is 1. The highest BCUT2D eigenvalue weighted by atomic mass is 35.5. The van der Waals surface area contributed by atoms with E-state index in [0.29, 0.717) is 11.6 Å². The number of nitrogens with one attached hydrogen (secondary N) is 1. The molecule has 0 aromatic heterocycles. The minimum Gasteiger partial charge on any atom is -0.388 e. The normalized spacial score (nSPS) is 14.9. The number of halogens is 1. The van der Waals surface area contributed by atoms with Gasteiger partial charge < -0.3 is 10.4 Å². The van der Waals surface area contributed by atoms with Crippen molar-refractivity contribution < 1.29 is 5.11 Å². The second kappa shape index (κ2) is 5.07. The SMILES string of the molecule is Cc1ccc(NCC(C)(O)C(C)C)c(Cl)c1. The Morgan fingerprint density at radius 2 is 2.06 bits per heavy atom. The van der Waals surface area contributed by atoms with Crippen molar-refractivity contribution in [2.45, 2.75) is 33.3 Å². The summed E-state index contributed by atoms with van der Waals surface area (Å²) >= 11 is 6.09. The Morgan fingerprint density at radius 3 is 2.56 bits per heavy atom. The molecule has 1 aromatic rings. The zero-order valence-corrected chi connectivity index (χ0v) is 11.1. The molecule has 0 aliphatic rings. The van der Waals surface area contributed by atoms with Gasteiger partial charge in [0.25, 0.3) is 0 Å². The molecular formula is C13H20ClNO. The lowest BCUT2D eigenvalue weighted by Crippen LogP contribution is -2.38. The van der Waals surface area contributed by atoms with E-state index in [1.165, 1.54) is 0 Å². The monoisotopic (exact) mass is 241 g/mol. The summed E-state index contributed by atoms with van der Waals surface area (Å²) < 4.78 is 0. The fourth-order valence-corrected chi connectivity index (χ4v) is 1.54. The second-order valence-electron chi connectivity index (χ2n) is 4.85. The zero-order chi connectivity index (χ0) is 12.3. The molecule has 0 saturated carbocycles. The Labute approximate surface area is 103 Å². The predicted octanol–water partition coefficient (Wildman–Crippen LogP) is 3.47. The fourth-order valence-electron chi connectivity index (χ4n) is 1.24. The highest BCUT2D eigenvalue weighted by Crippen LogP contribution is 2.24. The summed E-state index contributed by atoms with van der Waals surface area (Å²) in [5.74, 6) is 0.198. The summed E-state index contributed by atoms with van der Waals surface area (Å²) in [4.78, 5) is 0. The Kier molecular flexibility index (Phi) is 4.22. The molecule has 2 nitrogen and oxygen atoms in total. The molecule has 3 heteroatoms. The van der Waals surface area contributed by atoms with Gasteiger partial charge in [0.2, 0.25) is 0 Å². The molecule has 0 bridgehead atoms. The van der Waals surface area contributed by atoms with Crippen molar-refractivity contribution in [3.05, 3.63) is 28.8 Å². The van der Waals surface area contributed by atoms with E-state index in [9.17, 15) is 5.11 Å². The number of hydrogen-bond acceptors (Lipinski definition) is 2. The molecule has 1 rings (SSSR count). The van der Waals surface area contributed by atoms with Crippen LogP contribution in [-0.4, -0.2) is 17.3 Å². The molecule has 0 saturated heterocycles. The lowest BCUT2D eigenvalue weighted by molar-refractivity contribution is 0.0266. The van der Waals surface area contributed by atoms with Crippen molar-refractivity contribution in [1.82, 2.24) is 0 Å². The van der Waals surface area contributed by atoms with Gasteiger partial charge in [0.05, 0.1) is 16.3 Å². The summed E-state index contributed by atoms with van der Waals surface area (Å²) in [5.41, 5.74) is 1.27. The van der Waals surface area contributed by atoms with Gasteiger partial charge in [-0.1, -0.05) is 31.5 Å². The maximum Gasteiger partial charge on any atom is 0.0813 e. The van der Waals surface area contributed by atoms with Crippen molar-refractivity contribution in [2.75, 3.05) is 11.9 Å². The van der Waals surface area contributed by atoms with Crippen molar-refractivity contribution >= 4 is 17.3 Å². The quantitative estimate of drug-likeness (QED) is 0.846. The van der Waals surface area contributed by atoms with E-state index >= 15 is 0 Å². The van der Waals surface area contributed by atoms with E-state index in [1.54, 1.807) is 0 Å². The largest absolute Gasteiger partial charge is 0.388 e. The Hall–Kier alpha value is -0.730. The Balaban J connectivity index is 2.68. The maximum absolute atomic E-state index is 10.1. The van der Waals surface area contributed by atoms with Gasteiger partial charge in [0.1, 0.15) is 0 Å². The van der Waals surface area contributed by atoms with Gasteiger partial charge in [-0.3, -0.25) is 0 Å². The Bertz CT molecular complexity index is 361. The first-order chi connectivity index (χ1) is 7.33. The van der Waals surface area contributed by atoms with Crippen LogP contribution in [0.15, 0.2) is 18.2 Å². The molecular weight excluding hydrogens is 222 g/mol. The molecule has 0 aliphatic heterocycles. The van der Waals surface area contributed by atoms with E-state index in [2.05, 4.69) is 5.32 Å². The number of aliphatic hydroxyl groups is 1. The van der Waals surface area contributed by atoms with Crippen LogP contribution in [0.5, 0.6) is 0 Å². The topological polar surface area (TPSA) is 32.3 Å². The molecule has 16 heavy (non-hydrogen) atoms. The van der Waals surface area contributed by atoms with Crippen LogP contribution >= 0.6 is 11.6 Å². The van der Waals surface area contributed by atoms with Crippen molar-refractivity contribution in [3.63, 3.8) is 0 Å². The van der Waals surface area contributed by atoms with Gasteiger partial charge in [0.15, 0.2) is 0 Å². The smallest absolute Gasteiger partial charge is 0.0813 e. The van der Waals surface area contributed by atoms with Crippen LogP contribution < -0.4 is 5.32 Å². The standard InChI is InChI=1S/C13H20ClNO/c1-9(2)13(4,16)8-15-12-6-5-10(3)7-11(12)14/h5-7,9,15-16H,8H2,1-4H3. The summed E-state index contributed by atoms with van der Waals surface area (Å²) in [5, 5.41) is 14.0. The van der Waals surface area contributed by atoms with E-state index < -0.39 is 5.60 Å². The van der Waals surface area contributed by atoms with Gasteiger partial charge in [-0.2, -0.15) is 0 Å². The van der Waals surface area contributed by atoms with E-state index in [1.807, 2.05) is 45.9 Å². The molecule has 2 N–H and O–H groups in total. The van der Waals surface area contributed by atoms with E-state index in [4.69, 9.17) is 11.6 Å². The van der Waals surface area contributed by atoms with Crippen molar-refractivity contribution in [1.29, 1.82) is 0 Å². The number of aryl methyl sites for hydroxylation is 1. The number of benzene rings is 1. The highest BCUT2D eigenvalue weighted by molar-refractivity contribution is 6.33. The summed E-state index contributed by atoms with van der Waals surface area (Å²) in [6, 6.07) is 5.85. The van der Waals surface area contributed by atoms with Gasteiger partial charge in [0, 0.05) is 6.54 Å². The molecule has 0 amide bonds.